The van der Waals surface area contributed by atoms with Crippen LogP contribution in [-0.4, -0.2) is 59.0 Å². The van der Waals surface area contributed by atoms with Crippen LogP contribution in [0.5, 0.6) is 6.01 Å². The molecule has 1 amide bonds. The molecule has 0 saturated carbocycles. The van der Waals surface area contributed by atoms with Crippen LogP contribution in [-0.2, 0) is 4.79 Å². The molecule has 0 aromatic carbocycles. The number of hydrogen-bond donors (Lipinski definition) is 2. The van der Waals surface area contributed by atoms with E-state index in [9.17, 15) is 4.79 Å². The van der Waals surface area contributed by atoms with Gasteiger partial charge < -0.3 is 20.3 Å². The molecule has 0 bridgehead atoms. The number of hydrogen-bond acceptors (Lipinski definition) is 7. The highest BCUT2D eigenvalue weighted by Crippen LogP contribution is 2.11. The van der Waals surface area contributed by atoms with E-state index in [1.54, 1.807) is 19.0 Å². The lowest BCUT2D eigenvalue weighted by Gasteiger charge is -2.15. The smallest absolute Gasteiger partial charge is 0.323 e. The number of amides is 1. The Bertz CT molecular complexity index is 452. The van der Waals surface area contributed by atoms with Crippen molar-refractivity contribution in [2.24, 2.45) is 0 Å². The molecular formula is C12H22N6O2. The SMILES string of the molecule is CCN(C)C(=O)CNc1nc(NC)nc(OC(C)C)n1. The molecule has 1 heterocycles. The van der Waals surface area contributed by atoms with Crippen molar-refractivity contribution in [1.82, 2.24) is 19.9 Å². The van der Waals surface area contributed by atoms with Crippen molar-refractivity contribution in [3.63, 3.8) is 0 Å². The van der Waals surface area contributed by atoms with Gasteiger partial charge in [-0.2, -0.15) is 15.0 Å². The first kappa shape index (κ1) is 15.9. The van der Waals surface area contributed by atoms with E-state index in [4.69, 9.17) is 4.74 Å². The van der Waals surface area contributed by atoms with Crippen molar-refractivity contribution in [2.75, 3.05) is 37.8 Å². The normalized spacial score (nSPS) is 10.3. The van der Waals surface area contributed by atoms with Crippen LogP contribution in [0.15, 0.2) is 0 Å². The standard InChI is InChI=1S/C12H22N6O2/c1-6-18(5)9(19)7-14-11-15-10(13-4)16-12(17-11)20-8(2)3/h8H,6-7H2,1-5H3,(H2,13,14,15,16,17). The van der Waals surface area contributed by atoms with Crippen molar-refractivity contribution < 1.29 is 9.53 Å². The first-order valence-electron chi connectivity index (χ1n) is 6.54. The molecule has 8 heteroatoms. The summed E-state index contributed by atoms with van der Waals surface area (Å²) in [4.78, 5) is 25.6. The van der Waals surface area contributed by atoms with Crippen LogP contribution in [0.25, 0.3) is 0 Å². The highest BCUT2D eigenvalue weighted by Gasteiger charge is 2.11. The molecule has 2 N–H and O–H groups in total. The zero-order chi connectivity index (χ0) is 15.1. The Labute approximate surface area is 119 Å². The molecule has 0 radical (unpaired) electrons. The van der Waals surface area contributed by atoms with Gasteiger partial charge in [-0.3, -0.25) is 4.79 Å². The van der Waals surface area contributed by atoms with Gasteiger partial charge in [-0.15, -0.1) is 0 Å². The maximum Gasteiger partial charge on any atom is 0.323 e. The molecule has 0 aliphatic carbocycles. The number of nitrogens with zero attached hydrogens (tertiary/aromatic N) is 4. The monoisotopic (exact) mass is 282 g/mol. The minimum atomic E-state index is -0.0391. The van der Waals surface area contributed by atoms with E-state index in [0.29, 0.717) is 18.4 Å². The van der Waals surface area contributed by atoms with Gasteiger partial charge in [-0.1, -0.05) is 0 Å². The number of aromatic nitrogens is 3. The Morgan fingerprint density at radius 2 is 1.95 bits per heavy atom. The second-order valence-corrected chi connectivity index (χ2v) is 4.44. The summed E-state index contributed by atoms with van der Waals surface area (Å²) in [5.41, 5.74) is 0. The van der Waals surface area contributed by atoms with Gasteiger partial charge in [0, 0.05) is 20.6 Å². The summed E-state index contributed by atoms with van der Waals surface area (Å²) >= 11 is 0. The second-order valence-electron chi connectivity index (χ2n) is 4.44. The second kappa shape index (κ2) is 7.46. The van der Waals surface area contributed by atoms with Gasteiger partial charge in [-0.25, -0.2) is 0 Å². The first-order chi connectivity index (χ1) is 9.46. The van der Waals surface area contributed by atoms with Gasteiger partial charge >= 0.3 is 6.01 Å². The third kappa shape index (κ3) is 4.87. The fraction of sp³-hybridized carbons (Fsp3) is 0.667. The highest BCUT2D eigenvalue weighted by atomic mass is 16.5. The van der Waals surface area contributed by atoms with Gasteiger partial charge in [-0.05, 0) is 20.8 Å². The predicted molar refractivity (Wildman–Crippen MR) is 76.9 cm³/mol. The number of likely N-dealkylation sites (N-methyl/N-ethyl adjacent to an activating group) is 1. The van der Waals surface area contributed by atoms with E-state index in [0.717, 1.165) is 0 Å². The maximum atomic E-state index is 11.7. The Hall–Kier alpha value is -2.12. The third-order valence-corrected chi connectivity index (χ3v) is 2.48. The van der Waals surface area contributed by atoms with Crippen LogP contribution < -0.4 is 15.4 Å². The number of nitrogens with one attached hydrogen (secondary N) is 2. The predicted octanol–water partition coefficient (Wildman–Crippen LogP) is 0.591. The van der Waals surface area contributed by atoms with Crippen LogP contribution in [0.3, 0.4) is 0 Å². The largest absolute Gasteiger partial charge is 0.461 e. The molecule has 0 aliphatic rings. The molecule has 0 spiro atoms. The Kier molecular flexibility index (Phi) is 5.95. The molecule has 0 fully saturated rings. The maximum absolute atomic E-state index is 11.7. The van der Waals surface area contributed by atoms with Crippen LogP contribution in [0.1, 0.15) is 20.8 Å². The first-order valence-corrected chi connectivity index (χ1v) is 6.54. The summed E-state index contributed by atoms with van der Waals surface area (Å²) in [6.07, 6.45) is -0.0391. The Morgan fingerprint density at radius 1 is 1.30 bits per heavy atom. The molecule has 0 aliphatic heterocycles. The van der Waals surface area contributed by atoms with Crippen molar-refractivity contribution in [3.05, 3.63) is 0 Å². The average Bonchev–Trinajstić information content (AvgIpc) is 2.42. The van der Waals surface area contributed by atoms with Gasteiger partial charge in [0.2, 0.25) is 17.8 Å². The zero-order valence-electron chi connectivity index (χ0n) is 12.6. The van der Waals surface area contributed by atoms with Gasteiger partial charge in [0.1, 0.15) is 0 Å². The molecule has 0 unspecified atom stereocenters. The summed E-state index contributed by atoms with van der Waals surface area (Å²) in [7, 11) is 3.44. The molecule has 0 atom stereocenters. The third-order valence-electron chi connectivity index (χ3n) is 2.48. The van der Waals surface area contributed by atoms with E-state index in [1.807, 2.05) is 20.8 Å². The number of carbonyl (C=O) groups excluding carboxylic acids is 1. The highest BCUT2D eigenvalue weighted by molar-refractivity contribution is 5.80. The quantitative estimate of drug-likeness (QED) is 0.756. The lowest BCUT2D eigenvalue weighted by molar-refractivity contribution is -0.127. The van der Waals surface area contributed by atoms with Gasteiger partial charge in [0.25, 0.3) is 0 Å². The summed E-state index contributed by atoms with van der Waals surface area (Å²) in [6, 6.07) is 0.221. The topological polar surface area (TPSA) is 92.3 Å². The van der Waals surface area contributed by atoms with E-state index in [-0.39, 0.29) is 24.6 Å². The number of anilines is 2. The lowest BCUT2D eigenvalue weighted by atomic mass is 10.5. The lowest BCUT2D eigenvalue weighted by Crippen LogP contribution is -2.32. The summed E-state index contributed by atoms with van der Waals surface area (Å²) in [5, 5.41) is 5.70. The fourth-order valence-corrected chi connectivity index (χ4v) is 1.28. The number of ether oxygens (including phenoxy) is 1. The Morgan fingerprint density at radius 3 is 2.50 bits per heavy atom. The number of carbonyl (C=O) groups is 1. The molecule has 1 aromatic heterocycles. The zero-order valence-corrected chi connectivity index (χ0v) is 12.6. The van der Waals surface area contributed by atoms with Crippen LogP contribution >= 0.6 is 0 Å². The van der Waals surface area contributed by atoms with Crippen molar-refractivity contribution in [3.8, 4) is 6.01 Å². The molecule has 0 saturated heterocycles. The molecule has 1 aromatic rings. The summed E-state index contributed by atoms with van der Waals surface area (Å²) in [5.74, 6) is 0.651. The minimum Gasteiger partial charge on any atom is -0.461 e. The van der Waals surface area contributed by atoms with Crippen molar-refractivity contribution >= 4 is 17.8 Å². The van der Waals surface area contributed by atoms with Crippen molar-refractivity contribution in [2.45, 2.75) is 26.9 Å². The van der Waals surface area contributed by atoms with Gasteiger partial charge in [0.05, 0.1) is 12.6 Å². The van der Waals surface area contributed by atoms with E-state index in [1.165, 1.54) is 0 Å². The summed E-state index contributed by atoms with van der Waals surface area (Å²) < 4.78 is 5.44. The molecule has 112 valence electrons. The molecule has 1 rings (SSSR count). The van der Waals surface area contributed by atoms with Crippen LogP contribution in [0.2, 0.25) is 0 Å². The Balaban J connectivity index is 2.76. The molecule has 8 nitrogen and oxygen atoms in total. The minimum absolute atomic E-state index is 0.0368. The number of rotatable bonds is 7. The van der Waals surface area contributed by atoms with E-state index < -0.39 is 0 Å². The van der Waals surface area contributed by atoms with Gasteiger partial charge in [0.15, 0.2) is 0 Å². The molecular weight excluding hydrogens is 260 g/mol. The van der Waals surface area contributed by atoms with Crippen molar-refractivity contribution in [1.29, 1.82) is 0 Å². The fourth-order valence-electron chi connectivity index (χ4n) is 1.28. The van der Waals surface area contributed by atoms with Crippen LogP contribution in [0, 0.1) is 0 Å². The molecule has 20 heavy (non-hydrogen) atoms. The van der Waals surface area contributed by atoms with E-state index in [2.05, 4.69) is 25.6 Å². The van der Waals surface area contributed by atoms with Crippen LogP contribution in [0.4, 0.5) is 11.9 Å². The summed E-state index contributed by atoms with van der Waals surface area (Å²) in [6.45, 7) is 6.46. The van der Waals surface area contributed by atoms with E-state index >= 15 is 0 Å². The average molecular weight is 282 g/mol.